The van der Waals surface area contributed by atoms with Crippen LogP contribution in [0.15, 0.2) is 0 Å². The molecule has 2 heteroatoms. The number of halogens is 1. The van der Waals surface area contributed by atoms with E-state index in [4.69, 9.17) is 11.6 Å². The molecule has 0 aromatic rings. The first kappa shape index (κ1) is 7.36. The molecule has 0 aromatic heterocycles. The molecule has 0 saturated carbocycles. The van der Waals surface area contributed by atoms with E-state index in [1.807, 2.05) is 0 Å². The van der Waals surface area contributed by atoms with Crippen molar-refractivity contribution in [1.82, 2.24) is 4.90 Å². The van der Waals surface area contributed by atoms with E-state index in [-0.39, 0.29) is 0 Å². The highest BCUT2D eigenvalue weighted by Crippen LogP contribution is 2.15. The number of hydrogen-bond donors (Lipinski definition) is 0. The van der Waals surface area contributed by atoms with Gasteiger partial charge in [0.05, 0.1) is 5.50 Å². The van der Waals surface area contributed by atoms with Crippen LogP contribution < -0.4 is 0 Å². The molecule has 1 aliphatic rings. The average molecular weight is 148 g/mol. The molecule has 0 radical (unpaired) electrons. The van der Waals surface area contributed by atoms with E-state index in [9.17, 15) is 0 Å². The lowest BCUT2D eigenvalue weighted by Gasteiger charge is -2.19. The van der Waals surface area contributed by atoms with E-state index in [2.05, 4.69) is 11.8 Å². The first-order valence-corrected chi connectivity index (χ1v) is 4.16. The quantitative estimate of drug-likeness (QED) is 0.427. The van der Waals surface area contributed by atoms with Crippen molar-refractivity contribution < 1.29 is 0 Å². The minimum Gasteiger partial charge on any atom is -0.287 e. The number of alkyl halides is 1. The Morgan fingerprint density at radius 2 is 2.00 bits per heavy atom. The van der Waals surface area contributed by atoms with Gasteiger partial charge >= 0.3 is 0 Å². The smallest absolute Gasteiger partial charge is 0.0847 e. The number of hydrogen-bond acceptors (Lipinski definition) is 1. The fraction of sp³-hybridized carbons (Fsp3) is 1.00. The molecular weight excluding hydrogens is 134 g/mol. The second-order valence-corrected chi connectivity index (χ2v) is 3.09. The minimum atomic E-state index is 0.299. The fourth-order valence-electron chi connectivity index (χ4n) is 1.28. The molecule has 0 bridgehead atoms. The van der Waals surface area contributed by atoms with Crippen molar-refractivity contribution in [3.63, 3.8) is 0 Å². The van der Waals surface area contributed by atoms with Gasteiger partial charge in [-0.2, -0.15) is 0 Å². The third-order valence-corrected chi connectivity index (χ3v) is 2.46. The van der Waals surface area contributed by atoms with Crippen molar-refractivity contribution in [3.05, 3.63) is 0 Å². The van der Waals surface area contributed by atoms with Crippen molar-refractivity contribution in [3.8, 4) is 0 Å². The maximum Gasteiger partial charge on any atom is 0.0847 e. The zero-order chi connectivity index (χ0) is 6.69. The molecule has 0 aromatic carbocycles. The van der Waals surface area contributed by atoms with E-state index < -0.39 is 0 Å². The van der Waals surface area contributed by atoms with Gasteiger partial charge in [-0.3, -0.25) is 4.90 Å². The van der Waals surface area contributed by atoms with Crippen LogP contribution in [0.3, 0.4) is 0 Å². The van der Waals surface area contributed by atoms with Crippen molar-refractivity contribution in [2.75, 3.05) is 13.1 Å². The standard InChI is InChI=1S/C7H14ClN/c1-2-7(8)9-5-3-4-6-9/h7H,2-6H2,1H3. The Balaban J connectivity index is 2.24. The maximum atomic E-state index is 6.00. The Kier molecular flexibility index (Phi) is 2.80. The number of rotatable bonds is 2. The van der Waals surface area contributed by atoms with Gasteiger partial charge in [0, 0.05) is 0 Å². The molecule has 0 amide bonds. The number of nitrogens with zero attached hydrogens (tertiary/aromatic N) is 1. The predicted octanol–water partition coefficient (Wildman–Crippen LogP) is 2.06. The summed E-state index contributed by atoms with van der Waals surface area (Å²) < 4.78 is 0. The van der Waals surface area contributed by atoms with Crippen LogP contribution in [0.1, 0.15) is 26.2 Å². The zero-order valence-electron chi connectivity index (χ0n) is 5.94. The van der Waals surface area contributed by atoms with Gasteiger partial charge in [-0.15, -0.1) is 11.6 Å². The van der Waals surface area contributed by atoms with Gasteiger partial charge < -0.3 is 0 Å². The van der Waals surface area contributed by atoms with Gasteiger partial charge in [-0.25, -0.2) is 0 Å². The van der Waals surface area contributed by atoms with Crippen LogP contribution in [0.25, 0.3) is 0 Å². The topological polar surface area (TPSA) is 3.24 Å². The predicted molar refractivity (Wildman–Crippen MR) is 40.7 cm³/mol. The summed E-state index contributed by atoms with van der Waals surface area (Å²) in [6.45, 7) is 4.56. The highest BCUT2D eigenvalue weighted by atomic mass is 35.5. The molecule has 0 spiro atoms. The van der Waals surface area contributed by atoms with E-state index in [0.717, 1.165) is 6.42 Å². The third-order valence-electron chi connectivity index (χ3n) is 1.87. The summed E-state index contributed by atoms with van der Waals surface area (Å²) in [5.41, 5.74) is 0.299. The Morgan fingerprint density at radius 3 is 2.44 bits per heavy atom. The second-order valence-electron chi connectivity index (χ2n) is 2.59. The van der Waals surface area contributed by atoms with Gasteiger partial charge in [0.25, 0.3) is 0 Å². The largest absolute Gasteiger partial charge is 0.287 e. The van der Waals surface area contributed by atoms with Crippen LogP contribution >= 0.6 is 11.6 Å². The van der Waals surface area contributed by atoms with Crippen LogP contribution in [0, 0.1) is 0 Å². The van der Waals surface area contributed by atoms with Crippen LogP contribution in [-0.2, 0) is 0 Å². The summed E-state index contributed by atoms with van der Waals surface area (Å²) in [6, 6.07) is 0. The lowest BCUT2D eigenvalue weighted by atomic mass is 10.4. The summed E-state index contributed by atoms with van der Waals surface area (Å²) >= 11 is 6.00. The first-order chi connectivity index (χ1) is 4.34. The van der Waals surface area contributed by atoms with Gasteiger partial charge in [0.1, 0.15) is 0 Å². The summed E-state index contributed by atoms with van der Waals surface area (Å²) in [6.07, 6.45) is 3.74. The van der Waals surface area contributed by atoms with Gasteiger partial charge in [0.2, 0.25) is 0 Å². The maximum absolute atomic E-state index is 6.00. The Bertz CT molecular complexity index is 79.0. The lowest BCUT2D eigenvalue weighted by molar-refractivity contribution is 0.306. The molecule has 0 aliphatic carbocycles. The molecule has 1 nitrogen and oxygen atoms in total. The van der Waals surface area contributed by atoms with E-state index in [0.29, 0.717) is 5.50 Å². The first-order valence-electron chi connectivity index (χ1n) is 3.72. The van der Waals surface area contributed by atoms with Crippen molar-refractivity contribution in [2.24, 2.45) is 0 Å². The fourth-order valence-corrected chi connectivity index (χ4v) is 1.48. The minimum absolute atomic E-state index is 0.299. The van der Waals surface area contributed by atoms with Crippen LogP contribution in [0.5, 0.6) is 0 Å². The van der Waals surface area contributed by atoms with E-state index in [1.54, 1.807) is 0 Å². The highest BCUT2D eigenvalue weighted by Gasteiger charge is 2.17. The Hall–Kier alpha value is 0.250. The molecule has 1 unspecified atom stereocenters. The van der Waals surface area contributed by atoms with Gasteiger partial charge in [-0.05, 0) is 32.4 Å². The summed E-state index contributed by atoms with van der Waals surface area (Å²) in [7, 11) is 0. The molecule has 1 aliphatic heterocycles. The monoisotopic (exact) mass is 147 g/mol. The molecule has 1 atom stereocenters. The van der Waals surface area contributed by atoms with Crippen molar-refractivity contribution in [1.29, 1.82) is 0 Å². The molecule has 1 rings (SSSR count). The normalized spacial score (nSPS) is 24.7. The van der Waals surface area contributed by atoms with Crippen molar-refractivity contribution in [2.45, 2.75) is 31.7 Å². The van der Waals surface area contributed by atoms with E-state index >= 15 is 0 Å². The van der Waals surface area contributed by atoms with Crippen LogP contribution in [0.2, 0.25) is 0 Å². The average Bonchev–Trinajstić information content (AvgIpc) is 2.37. The summed E-state index contributed by atoms with van der Waals surface area (Å²) in [5.74, 6) is 0. The highest BCUT2D eigenvalue weighted by molar-refractivity contribution is 6.20. The summed E-state index contributed by atoms with van der Waals surface area (Å²) in [4.78, 5) is 2.35. The van der Waals surface area contributed by atoms with Crippen molar-refractivity contribution >= 4 is 11.6 Å². The van der Waals surface area contributed by atoms with Gasteiger partial charge in [-0.1, -0.05) is 6.92 Å². The summed E-state index contributed by atoms with van der Waals surface area (Å²) in [5, 5.41) is 0. The number of likely N-dealkylation sites (tertiary alicyclic amines) is 1. The van der Waals surface area contributed by atoms with Crippen LogP contribution in [0.4, 0.5) is 0 Å². The molecule has 1 heterocycles. The zero-order valence-corrected chi connectivity index (χ0v) is 6.69. The van der Waals surface area contributed by atoms with E-state index in [1.165, 1.54) is 25.9 Å². The second kappa shape index (κ2) is 3.43. The molecule has 54 valence electrons. The molecule has 1 fully saturated rings. The Morgan fingerprint density at radius 1 is 1.44 bits per heavy atom. The van der Waals surface area contributed by atoms with Gasteiger partial charge in [0.15, 0.2) is 0 Å². The SMILES string of the molecule is CCC(Cl)N1CCCC1. The van der Waals surface area contributed by atoms with Crippen LogP contribution in [-0.4, -0.2) is 23.5 Å². The molecule has 1 saturated heterocycles. The molecular formula is C7H14ClN. The molecule has 9 heavy (non-hydrogen) atoms. The Labute approximate surface area is 62.0 Å². The lowest BCUT2D eigenvalue weighted by Crippen LogP contribution is -2.27. The molecule has 0 N–H and O–H groups in total. The third kappa shape index (κ3) is 1.84.